The van der Waals surface area contributed by atoms with E-state index in [-0.39, 0.29) is 25.3 Å². The molecule has 0 spiro atoms. The first-order chi connectivity index (χ1) is 11.5. The highest BCUT2D eigenvalue weighted by molar-refractivity contribution is 5.31. The standard InChI is InChI=1S/C16H18N2O6/c19-9-13-12(21)7-15(24-13)17-6-5-14(22)18(16(17)23)8-10-3-1-2-4-11(10)20/h1-6,12-13,15,19-21H,7-9H2/t12-,13+,15+/m0/s1. The van der Waals surface area contributed by atoms with Crippen molar-refractivity contribution in [3.8, 4) is 5.75 Å². The van der Waals surface area contributed by atoms with Crippen LogP contribution >= 0.6 is 0 Å². The Morgan fingerprint density at radius 2 is 1.96 bits per heavy atom. The molecule has 1 saturated heterocycles. The van der Waals surface area contributed by atoms with Crippen molar-refractivity contribution < 1.29 is 20.1 Å². The molecule has 3 atom stereocenters. The number of aliphatic hydroxyl groups is 2. The second kappa shape index (κ2) is 6.60. The number of aromatic nitrogens is 2. The molecule has 0 unspecified atom stereocenters. The maximum atomic E-state index is 12.6. The zero-order valence-corrected chi connectivity index (χ0v) is 12.8. The minimum Gasteiger partial charge on any atom is -0.508 e. The first kappa shape index (κ1) is 16.4. The summed E-state index contributed by atoms with van der Waals surface area (Å²) < 4.78 is 7.65. The van der Waals surface area contributed by atoms with E-state index in [2.05, 4.69) is 0 Å². The van der Waals surface area contributed by atoms with Gasteiger partial charge in [0.2, 0.25) is 0 Å². The van der Waals surface area contributed by atoms with Crippen LogP contribution in [0, 0.1) is 0 Å². The lowest BCUT2D eigenvalue weighted by molar-refractivity contribution is -0.0463. The van der Waals surface area contributed by atoms with Crippen LogP contribution in [0.25, 0.3) is 0 Å². The first-order valence-electron chi connectivity index (χ1n) is 7.54. The van der Waals surface area contributed by atoms with E-state index >= 15 is 0 Å². The summed E-state index contributed by atoms with van der Waals surface area (Å²) in [5, 5.41) is 28.8. The van der Waals surface area contributed by atoms with Gasteiger partial charge in [-0.2, -0.15) is 0 Å². The van der Waals surface area contributed by atoms with Crippen LogP contribution in [-0.4, -0.2) is 43.3 Å². The van der Waals surface area contributed by atoms with Crippen LogP contribution in [-0.2, 0) is 11.3 Å². The van der Waals surface area contributed by atoms with Gasteiger partial charge < -0.3 is 20.1 Å². The fourth-order valence-electron chi connectivity index (χ4n) is 2.76. The molecule has 1 fully saturated rings. The Balaban J connectivity index is 1.96. The van der Waals surface area contributed by atoms with Gasteiger partial charge in [0.1, 0.15) is 18.1 Å². The lowest BCUT2D eigenvalue weighted by Gasteiger charge is -2.16. The Bertz CT molecular complexity index is 843. The number of para-hydroxylation sites is 1. The minimum atomic E-state index is -0.884. The molecule has 1 aromatic carbocycles. The molecule has 3 N–H and O–H groups in total. The topological polar surface area (TPSA) is 114 Å². The van der Waals surface area contributed by atoms with Crippen molar-refractivity contribution in [2.24, 2.45) is 0 Å². The summed E-state index contributed by atoms with van der Waals surface area (Å²) in [6, 6.07) is 7.67. The molecule has 0 saturated carbocycles. The number of ether oxygens (including phenoxy) is 1. The lowest BCUT2D eigenvalue weighted by Crippen LogP contribution is -2.40. The van der Waals surface area contributed by atoms with Gasteiger partial charge in [-0.1, -0.05) is 18.2 Å². The third-order valence-electron chi connectivity index (χ3n) is 4.11. The van der Waals surface area contributed by atoms with Gasteiger partial charge in [0.15, 0.2) is 0 Å². The number of phenolic OH excluding ortho intramolecular Hbond substituents is 1. The van der Waals surface area contributed by atoms with Crippen molar-refractivity contribution in [1.82, 2.24) is 9.13 Å². The maximum absolute atomic E-state index is 12.6. The average molecular weight is 334 g/mol. The van der Waals surface area contributed by atoms with Gasteiger partial charge in [-0.15, -0.1) is 0 Å². The van der Waals surface area contributed by atoms with E-state index in [1.54, 1.807) is 18.2 Å². The van der Waals surface area contributed by atoms with Crippen LogP contribution in [0.3, 0.4) is 0 Å². The quantitative estimate of drug-likeness (QED) is 0.688. The summed E-state index contributed by atoms with van der Waals surface area (Å²) in [6.45, 7) is -0.437. The van der Waals surface area contributed by atoms with Gasteiger partial charge in [0.05, 0.1) is 19.3 Å². The van der Waals surface area contributed by atoms with Crippen molar-refractivity contribution >= 4 is 0 Å². The zero-order chi connectivity index (χ0) is 17.3. The predicted molar refractivity (Wildman–Crippen MR) is 83.8 cm³/mol. The zero-order valence-electron chi connectivity index (χ0n) is 12.8. The Morgan fingerprint density at radius 3 is 2.62 bits per heavy atom. The Hall–Kier alpha value is -2.42. The van der Waals surface area contributed by atoms with E-state index in [0.717, 1.165) is 4.57 Å². The van der Waals surface area contributed by atoms with E-state index in [1.165, 1.54) is 22.9 Å². The third kappa shape index (κ3) is 2.99. The highest BCUT2D eigenvalue weighted by atomic mass is 16.5. The Morgan fingerprint density at radius 1 is 1.21 bits per heavy atom. The number of rotatable bonds is 4. The van der Waals surface area contributed by atoms with Gasteiger partial charge in [-0.25, -0.2) is 4.79 Å². The number of hydrogen-bond donors (Lipinski definition) is 3. The lowest BCUT2D eigenvalue weighted by atomic mass is 10.2. The van der Waals surface area contributed by atoms with Crippen molar-refractivity contribution in [3.05, 3.63) is 62.9 Å². The van der Waals surface area contributed by atoms with E-state index < -0.39 is 29.7 Å². The van der Waals surface area contributed by atoms with Crippen LogP contribution < -0.4 is 11.2 Å². The van der Waals surface area contributed by atoms with Gasteiger partial charge in [0, 0.05) is 24.2 Å². The molecule has 0 radical (unpaired) electrons. The highest BCUT2D eigenvalue weighted by Crippen LogP contribution is 2.27. The molecule has 2 aromatic rings. The van der Waals surface area contributed by atoms with Crippen LogP contribution in [0.4, 0.5) is 0 Å². The Kier molecular flexibility index (Phi) is 4.52. The molecule has 0 aliphatic carbocycles. The molecule has 1 aromatic heterocycles. The summed E-state index contributed by atoms with van der Waals surface area (Å²) in [6.07, 6.45) is -0.963. The minimum absolute atomic E-state index is 0.00733. The summed E-state index contributed by atoms with van der Waals surface area (Å²) in [4.78, 5) is 24.7. The van der Waals surface area contributed by atoms with Crippen LogP contribution in [0.2, 0.25) is 0 Å². The fourth-order valence-corrected chi connectivity index (χ4v) is 2.76. The van der Waals surface area contributed by atoms with Gasteiger partial charge in [0.25, 0.3) is 5.56 Å². The number of phenols is 1. The molecular weight excluding hydrogens is 316 g/mol. The number of aliphatic hydroxyl groups excluding tert-OH is 2. The molecule has 1 aliphatic rings. The molecule has 0 amide bonds. The first-order valence-corrected chi connectivity index (χ1v) is 7.54. The molecule has 8 heteroatoms. The SMILES string of the molecule is O=c1ccn([C@H]2C[C@H](O)[C@@H](CO)O2)c(=O)n1Cc1ccccc1O. The third-order valence-corrected chi connectivity index (χ3v) is 4.11. The molecular formula is C16H18N2O6. The highest BCUT2D eigenvalue weighted by Gasteiger charge is 2.35. The smallest absolute Gasteiger partial charge is 0.333 e. The van der Waals surface area contributed by atoms with Crippen LogP contribution in [0.15, 0.2) is 46.1 Å². The number of aromatic hydroxyl groups is 1. The molecule has 128 valence electrons. The molecule has 24 heavy (non-hydrogen) atoms. The van der Waals surface area contributed by atoms with E-state index in [4.69, 9.17) is 9.84 Å². The van der Waals surface area contributed by atoms with Crippen molar-refractivity contribution in [1.29, 1.82) is 0 Å². The van der Waals surface area contributed by atoms with Crippen LogP contribution in [0.1, 0.15) is 18.2 Å². The molecule has 8 nitrogen and oxygen atoms in total. The van der Waals surface area contributed by atoms with E-state index in [9.17, 15) is 19.8 Å². The maximum Gasteiger partial charge on any atom is 0.333 e. The second-order valence-corrected chi connectivity index (χ2v) is 5.67. The summed E-state index contributed by atoms with van der Waals surface area (Å²) in [5.74, 6) is -0.00733. The molecule has 3 rings (SSSR count). The van der Waals surface area contributed by atoms with Gasteiger partial charge in [-0.3, -0.25) is 13.9 Å². The second-order valence-electron chi connectivity index (χ2n) is 5.67. The van der Waals surface area contributed by atoms with E-state index in [0.29, 0.717) is 5.56 Å². The number of nitrogens with zero attached hydrogens (tertiary/aromatic N) is 2. The normalized spacial score (nSPS) is 23.5. The Labute approximate surface area is 136 Å². The largest absolute Gasteiger partial charge is 0.508 e. The molecule has 1 aliphatic heterocycles. The summed E-state index contributed by atoms with van der Waals surface area (Å²) in [5.41, 5.74) is -0.673. The summed E-state index contributed by atoms with van der Waals surface area (Å²) in [7, 11) is 0. The molecule has 2 heterocycles. The van der Waals surface area contributed by atoms with Gasteiger partial charge in [-0.05, 0) is 6.07 Å². The number of benzene rings is 1. The van der Waals surface area contributed by atoms with Crippen molar-refractivity contribution in [3.63, 3.8) is 0 Å². The van der Waals surface area contributed by atoms with E-state index in [1.807, 2.05) is 0 Å². The average Bonchev–Trinajstić information content (AvgIpc) is 2.93. The summed E-state index contributed by atoms with van der Waals surface area (Å²) >= 11 is 0. The number of hydrogen-bond acceptors (Lipinski definition) is 6. The van der Waals surface area contributed by atoms with Crippen LogP contribution in [0.5, 0.6) is 5.75 Å². The van der Waals surface area contributed by atoms with Gasteiger partial charge >= 0.3 is 5.69 Å². The van der Waals surface area contributed by atoms with Crippen molar-refractivity contribution in [2.45, 2.75) is 31.4 Å². The molecule has 0 bridgehead atoms. The predicted octanol–water partition coefficient (Wildman–Crippen LogP) is -0.595. The van der Waals surface area contributed by atoms with Crippen molar-refractivity contribution in [2.75, 3.05) is 6.61 Å². The fraction of sp³-hybridized carbons (Fsp3) is 0.375. The monoisotopic (exact) mass is 334 g/mol.